The summed E-state index contributed by atoms with van der Waals surface area (Å²) in [6.45, 7) is 0.907. The topological polar surface area (TPSA) is 47.6 Å². The highest BCUT2D eigenvalue weighted by Gasteiger charge is 1.92. The van der Waals surface area contributed by atoms with E-state index in [1.54, 1.807) is 18.3 Å². The molecule has 0 spiro atoms. The molecule has 0 radical (unpaired) electrons. The van der Waals surface area contributed by atoms with E-state index < -0.39 is 0 Å². The molecule has 4 heteroatoms. The number of rotatable bonds is 5. The minimum Gasteiger partial charge on any atom is -0.391 e. The second-order valence-electron chi connectivity index (χ2n) is 2.77. The molecule has 0 aliphatic heterocycles. The zero-order valence-corrected chi connectivity index (χ0v) is 7.82. The maximum atomic E-state index is 12.5. The third-order valence-corrected chi connectivity index (χ3v) is 1.59. The highest BCUT2D eigenvalue weighted by atomic mass is 19.1. The fraction of sp³-hybridized carbons (Fsp3) is 0.300. The molecule has 1 rings (SSSR count). The van der Waals surface area contributed by atoms with Crippen molar-refractivity contribution in [2.75, 3.05) is 6.54 Å². The number of hydrogen-bond acceptors (Lipinski definition) is 3. The lowest BCUT2D eigenvalue weighted by molar-refractivity contribution is 0.131. The number of nitrogens with two attached hydrogens (primary N) is 1. The molecular formula is C10H13FN2O. The summed E-state index contributed by atoms with van der Waals surface area (Å²) in [6.07, 6.45) is 2.31. The zero-order valence-electron chi connectivity index (χ0n) is 7.82. The highest BCUT2D eigenvalue weighted by Crippen LogP contribution is 2.03. The molecule has 3 nitrogen and oxygen atoms in total. The Bertz CT molecular complexity index is 285. The van der Waals surface area contributed by atoms with Gasteiger partial charge in [-0.2, -0.15) is 0 Å². The average Bonchev–Trinajstić information content (AvgIpc) is 2.21. The standard InChI is InChI=1S/C10H13FN2O/c11-10-4-2-9(3-5-10)8-14-13-7-1-6-12/h2-5,7H,1,6,8,12H2. The zero-order chi connectivity index (χ0) is 10.2. The Labute approximate surface area is 82.4 Å². The Balaban J connectivity index is 2.28. The molecule has 0 bridgehead atoms. The van der Waals surface area contributed by atoms with E-state index in [2.05, 4.69) is 5.16 Å². The van der Waals surface area contributed by atoms with E-state index in [9.17, 15) is 4.39 Å². The SMILES string of the molecule is NCCC=NOCc1ccc(F)cc1. The quantitative estimate of drug-likeness (QED) is 0.575. The molecule has 0 fully saturated rings. The fourth-order valence-corrected chi connectivity index (χ4v) is 0.872. The second-order valence-corrected chi connectivity index (χ2v) is 2.77. The van der Waals surface area contributed by atoms with E-state index >= 15 is 0 Å². The molecule has 0 saturated carbocycles. The lowest BCUT2D eigenvalue weighted by Gasteiger charge is -1.98. The largest absolute Gasteiger partial charge is 0.391 e. The molecule has 1 aromatic rings. The number of nitrogens with zero attached hydrogens (tertiary/aromatic N) is 1. The summed E-state index contributed by atoms with van der Waals surface area (Å²) in [5.74, 6) is -0.250. The molecule has 0 aliphatic carbocycles. The van der Waals surface area contributed by atoms with Crippen LogP contribution < -0.4 is 5.73 Å². The molecule has 0 amide bonds. The van der Waals surface area contributed by atoms with Crippen LogP contribution in [0.1, 0.15) is 12.0 Å². The van der Waals surface area contributed by atoms with E-state index in [1.165, 1.54) is 12.1 Å². The molecule has 2 N–H and O–H groups in total. The first kappa shape index (κ1) is 10.7. The van der Waals surface area contributed by atoms with Gasteiger partial charge in [0.05, 0.1) is 0 Å². The molecule has 0 atom stereocenters. The van der Waals surface area contributed by atoms with Crippen molar-refractivity contribution in [1.29, 1.82) is 0 Å². The van der Waals surface area contributed by atoms with Crippen LogP contribution in [-0.4, -0.2) is 12.8 Å². The number of hydrogen-bond donors (Lipinski definition) is 1. The van der Waals surface area contributed by atoms with Crippen molar-refractivity contribution in [2.45, 2.75) is 13.0 Å². The van der Waals surface area contributed by atoms with E-state index in [0.717, 1.165) is 5.56 Å². The van der Waals surface area contributed by atoms with Crippen molar-refractivity contribution in [3.63, 3.8) is 0 Å². The minimum atomic E-state index is -0.250. The van der Waals surface area contributed by atoms with Gasteiger partial charge in [-0.1, -0.05) is 17.3 Å². The summed E-state index contributed by atoms with van der Waals surface area (Å²) in [7, 11) is 0. The molecule has 1 aromatic carbocycles. The Kier molecular flexibility index (Phi) is 4.64. The van der Waals surface area contributed by atoms with Gasteiger partial charge in [-0.25, -0.2) is 4.39 Å². The van der Waals surface area contributed by atoms with Gasteiger partial charge in [0.1, 0.15) is 12.4 Å². The maximum Gasteiger partial charge on any atom is 0.142 e. The lowest BCUT2D eigenvalue weighted by Crippen LogP contribution is -1.98. The van der Waals surface area contributed by atoms with Crippen LogP contribution in [0.3, 0.4) is 0 Å². The fourth-order valence-electron chi connectivity index (χ4n) is 0.872. The molecule has 0 aliphatic rings. The van der Waals surface area contributed by atoms with Crippen LogP contribution in [0.4, 0.5) is 4.39 Å². The summed E-state index contributed by atoms with van der Waals surface area (Å²) in [6, 6.07) is 6.10. The molecule has 0 saturated heterocycles. The number of benzene rings is 1. The van der Waals surface area contributed by atoms with Crippen molar-refractivity contribution in [3.8, 4) is 0 Å². The lowest BCUT2D eigenvalue weighted by atomic mass is 10.2. The summed E-state index contributed by atoms with van der Waals surface area (Å²) in [4.78, 5) is 4.95. The van der Waals surface area contributed by atoms with Gasteiger partial charge in [-0.15, -0.1) is 0 Å². The predicted molar refractivity (Wildman–Crippen MR) is 53.4 cm³/mol. The van der Waals surface area contributed by atoms with Gasteiger partial charge in [-0.05, 0) is 30.7 Å². The molecule has 76 valence electrons. The highest BCUT2D eigenvalue weighted by molar-refractivity contribution is 5.56. The van der Waals surface area contributed by atoms with E-state index in [-0.39, 0.29) is 5.82 Å². The van der Waals surface area contributed by atoms with Crippen LogP contribution in [-0.2, 0) is 11.4 Å². The Morgan fingerprint density at radius 1 is 1.36 bits per heavy atom. The summed E-state index contributed by atoms with van der Waals surface area (Å²) < 4.78 is 12.5. The first-order valence-corrected chi connectivity index (χ1v) is 4.41. The van der Waals surface area contributed by atoms with Crippen molar-refractivity contribution >= 4 is 6.21 Å². The Morgan fingerprint density at radius 3 is 2.71 bits per heavy atom. The monoisotopic (exact) mass is 196 g/mol. The van der Waals surface area contributed by atoms with Crippen molar-refractivity contribution in [3.05, 3.63) is 35.6 Å². The van der Waals surface area contributed by atoms with Crippen molar-refractivity contribution in [1.82, 2.24) is 0 Å². The van der Waals surface area contributed by atoms with E-state index in [4.69, 9.17) is 10.6 Å². The van der Waals surface area contributed by atoms with Crippen LogP contribution in [0.15, 0.2) is 29.4 Å². The van der Waals surface area contributed by atoms with Gasteiger partial charge in [0.2, 0.25) is 0 Å². The first-order chi connectivity index (χ1) is 6.83. The average molecular weight is 196 g/mol. The van der Waals surface area contributed by atoms with Crippen LogP contribution >= 0.6 is 0 Å². The van der Waals surface area contributed by atoms with E-state index in [1.807, 2.05) is 0 Å². The summed E-state index contributed by atoms with van der Waals surface area (Å²) in [5.41, 5.74) is 6.14. The van der Waals surface area contributed by atoms with Crippen LogP contribution in [0.5, 0.6) is 0 Å². The van der Waals surface area contributed by atoms with Crippen LogP contribution in [0, 0.1) is 5.82 Å². The first-order valence-electron chi connectivity index (χ1n) is 4.41. The summed E-state index contributed by atoms with van der Waals surface area (Å²) >= 11 is 0. The third-order valence-electron chi connectivity index (χ3n) is 1.59. The van der Waals surface area contributed by atoms with E-state index in [0.29, 0.717) is 19.6 Å². The normalized spacial score (nSPS) is 10.7. The van der Waals surface area contributed by atoms with Crippen LogP contribution in [0.2, 0.25) is 0 Å². The van der Waals surface area contributed by atoms with Gasteiger partial charge in [0, 0.05) is 6.21 Å². The molecule has 14 heavy (non-hydrogen) atoms. The van der Waals surface area contributed by atoms with Gasteiger partial charge in [0.15, 0.2) is 0 Å². The van der Waals surface area contributed by atoms with Crippen molar-refractivity contribution < 1.29 is 9.23 Å². The maximum absolute atomic E-state index is 12.5. The van der Waals surface area contributed by atoms with Gasteiger partial charge in [-0.3, -0.25) is 0 Å². The van der Waals surface area contributed by atoms with Gasteiger partial charge in [0.25, 0.3) is 0 Å². The molecule has 0 heterocycles. The molecular weight excluding hydrogens is 183 g/mol. The smallest absolute Gasteiger partial charge is 0.142 e. The third kappa shape index (κ3) is 4.00. The minimum absolute atomic E-state index is 0.250. The molecule has 0 aromatic heterocycles. The van der Waals surface area contributed by atoms with Gasteiger partial charge < -0.3 is 10.6 Å². The second kappa shape index (κ2) is 6.10. The Morgan fingerprint density at radius 2 is 2.07 bits per heavy atom. The van der Waals surface area contributed by atoms with Gasteiger partial charge >= 0.3 is 0 Å². The van der Waals surface area contributed by atoms with Crippen LogP contribution in [0.25, 0.3) is 0 Å². The molecule has 0 unspecified atom stereocenters. The van der Waals surface area contributed by atoms with Crippen molar-refractivity contribution in [2.24, 2.45) is 10.9 Å². The number of oxime groups is 1. The predicted octanol–water partition coefficient (Wildman–Crippen LogP) is 1.68. The number of halogens is 1. The summed E-state index contributed by atoms with van der Waals surface area (Å²) in [5, 5.41) is 3.68. The Hall–Kier alpha value is -1.42.